The highest BCUT2D eigenvalue weighted by molar-refractivity contribution is 5.74. The lowest BCUT2D eigenvalue weighted by molar-refractivity contribution is 0.190. The highest BCUT2D eigenvalue weighted by Gasteiger charge is 2.29. The van der Waals surface area contributed by atoms with Gasteiger partial charge in [0.05, 0.1) is 0 Å². The third kappa shape index (κ3) is 7.95. The molecule has 0 heterocycles. The Morgan fingerprint density at radius 2 is 1.45 bits per heavy atom. The van der Waals surface area contributed by atoms with Crippen LogP contribution < -0.4 is 0 Å². The lowest BCUT2D eigenvalue weighted by Gasteiger charge is -2.35. The first-order valence-electron chi connectivity index (χ1n) is 17.2. The number of rotatable bonds is 12. The van der Waals surface area contributed by atoms with Crippen molar-refractivity contribution in [2.75, 3.05) is 0 Å². The second-order valence-corrected chi connectivity index (χ2v) is 13.2. The molecule has 5 rings (SSSR count). The zero-order valence-electron chi connectivity index (χ0n) is 26.7. The molecule has 1 saturated carbocycles. The van der Waals surface area contributed by atoms with Crippen molar-refractivity contribution < 1.29 is 13.2 Å². The van der Waals surface area contributed by atoms with Crippen molar-refractivity contribution >= 4 is 5.57 Å². The SMILES string of the molecule is CC=CCCC1CCC(C2CC=C(c3ccc(-c4ccc(-c5ccc(CCCCCC)c(F)c5F)cc4)cc3F)CC2)CC1. The fraction of sp³-hybridized carbons (Fsp3) is 0.463. The predicted octanol–water partition coefficient (Wildman–Crippen LogP) is 12.9. The van der Waals surface area contributed by atoms with Gasteiger partial charge >= 0.3 is 0 Å². The van der Waals surface area contributed by atoms with Gasteiger partial charge in [0.25, 0.3) is 0 Å². The number of hydrogen-bond acceptors (Lipinski definition) is 0. The zero-order chi connectivity index (χ0) is 30.9. The van der Waals surface area contributed by atoms with Gasteiger partial charge in [0, 0.05) is 11.1 Å². The molecule has 0 amide bonds. The molecule has 0 N–H and O–H groups in total. The van der Waals surface area contributed by atoms with E-state index in [0.29, 0.717) is 23.1 Å². The highest BCUT2D eigenvalue weighted by Crippen LogP contribution is 2.42. The van der Waals surface area contributed by atoms with Crippen LogP contribution in [0.4, 0.5) is 13.2 Å². The van der Waals surface area contributed by atoms with E-state index in [4.69, 9.17) is 0 Å². The maximum absolute atomic E-state index is 15.4. The Kier molecular flexibility index (Phi) is 11.6. The maximum atomic E-state index is 15.4. The summed E-state index contributed by atoms with van der Waals surface area (Å²) in [6.45, 7) is 4.24. The lowest BCUT2D eigenvalue weighted by atomic mass is 9.70. The molecule has 234 valence electrons. The standard InChI is InChI=1S/C41H49F3/c1-3-5-7-9-11-35-24-27-38(41(44)40(35)43)34-22-18-32(19-23-34)36-25-26-37(39(42)28-36)33-20-16-31(17-21-33)30-14-12-29(13-15-30)10-8-6-4-2/h4,6,18-20,22-31H,3,5,7-17,21H2,1-2H3. The number of allylic oxidation sites excluding steroid dienone is 4. The first kappa shape index (κ1) is 32.3. The van der Waals surface area contributed by atoms with Gasteiger partial charge < -0.3 is 0 Å². The number of unbranched alkanes of at least 4 members (excludes halogenated alkanes) is 3. The third-order valence-electron chi connectivity index (χ3n) is 10.3. The Morgan fingerprint density at radius 1 is 0.727 bits per heavy atom. The van der Waals surface area contributed by atoms with E-state index < -0.39 is 11.6 Å². The predicted molar refractivity (Wildman–Crippen MR) is 180 cm³/mol. The van der Waals surface area contributed by atoms with Gasteiger partial charge in [-0.2, -0.15) is 0 Å². The lowest BCUT2D eigenvalue weighted by Crippen LogP contribution is -2.23. The first-order valence-corrected chi connectivity index (χ1v) is 17.2. The Balaban J connectivity index is 1.19. The summed E-state index contributed by atoms with van der Waals surface area (Å²) >= 11 is 0. The van der Waals surface area contributed by atoms with Gasteiger partial charge in [0.15, 0.2) is 11.6 Å². The third-order valence-corrected chi connectivity index (χ3v) is 10.3. The van der Waals surface area contributed by atoms with E-state index in [9.17, 15) is 8.78 Å². The van der Waals surface area contributed by atoms with Crippen LogP contribution >= 0.6 is 0 Å². The van der Waals surface area contributed by atoms with Gasteiger partial charge in [0.2, 0.25) is 0 Å². The van der Waals surface area contributed by atoms with E-state index in [0.717, 1.165) is 79.4 Å². The van der Waals surface area contributed by atoms with E-state index in [-0.39, 0.29) is 11.4 Å². The molecule has 0 saturated heterocycles. The van der Waals surface area contributed by atoms with Crippen LogP contribution in [-0.2, 0) is 6.42 Å². The van der Waals surface area contributed by atoms with Gasteiger partial charge in [-0.1, -0.05) is 106 Å². The number of hydrogen-bond donors (Lipinski definition) is 0. The van der Waals surface area contributed by atoms with E-state index in [1.54, 1.807) is 30.3 Å². The van der Waals surface area contributed by atoms with E-state index in [1.165, 1.54) is 38.5 Å². The average molecular weight is 599 g/mol. The second-order valence-electron chi connectivity index (χ2n) is 13.2. The molecule has 2 aliphatic carbocycles. The summed E-state index contributed by atoms with van der Waals surface area (Å²) in [6, 6.07) is 16.2. The van der Waals surface area contributed by atoms with Gasteiger partial charge in [-0.25, -0.2) is 13.2 Å². The summed E-state index contributed by atoms with van der Waals surface area (Å²) < 4.78 is 45.2. The fourth-order valence-electron chi connectivity index (χ4n) is 7.52. The molecule has 0 radical (unpaired) electrons. The van der Waals surface area contributed by atoms with Crippen molar-refractivity contribution in [2.24, 2.45) is 17.8 Å². The van der Waals surface area contributed by atoms with Crippen molar-refractivity contribution in [3.63, 3.8) is 0 Å². The molecule has 0 aromatic heterocycles. The van der Waals surface area contributed by atoms with Gasteiger partial charge in [-0.3, -0.25) is 0 Å². The van der Waals surface area contributed by atoms with Crippen LogP contribution in [0.25, 0.3) is 27.8 Å². The molecule has 0 aliphatic heterocycles. The molecule has 3 aromatic rings. The minimum atomic E-state index is -0.795. The number of aryl methyl sites for hydroxylation is 1. The van der Waals surface area contributed by atoms with Gasteiger partial charge in [0.1, 0.15) is 5.82 Å². The molecular formula is C41H49F3. The van der Waals surface area contributed by atoms with Crippen LogP contribution in [0, 0.1) is 35.2 Å². The summed E-state index contributed by atoms with van der Waals surface area (Å²) in [7, 11) is 0. The van der Waals surface area contributed by atoms with Crippen LogP contribution in [0.3, 0.4) is 0 Å². The van der Waals surface area contributed by atoms with Crippen LogP contribution in [0.5, 0.6) is 0 Å². The van der Waals surface area contributed by atoms with Crippen LogP contribution in [-0.4, -0.2) is 0 Å². The molecule has 3 aromatic carbocycles. The first-order chi connectivity index (χ1) is 21.5. The molecule has 0 bridgehead atoms. The summed E-state index contributed by atoms with van der Waals surface area (Å²) in [4.78, 5) is 0. The molecule has 3 heteroatoms. The molecule has 0 spiro atoms. The molecule has 1 atom stereocenters. The summed E-state index contributed by atoms with van der Waals surface area (Å²) in [5.74, 6) is 0.710. The summed E-state index contributed by atoms with van der Waals surface area (Å²) in [5, 5.41) is 0. The number of benzene rings is 3. The van der Waals surface area contributed by atoms with Gasteiger partial charge in [-0.15, -0.1) is 0 Å². The summed E-state index contributed by atoms with van der Waals surface area (Å²) in [6.07, 6.45) is 22.5. The normalized spacial score (nSPS) is 20.7. The largest absolute Gasteiger partial charge is 0.206 e. The Labute approximate surface area is 263 Å². The van der Waals surface area contributed by atoms with Crippen LogP contribution in [0.1, 0.15) is 108 Å². The van der Waals surface area contributed by atoms with E-state index in [2.05, 4.69) is 32.1 Å². The smallest absolute Gasteiger partial charge is 0.166 e. The topological polar surface area (TPSA) is 0 Å². The van der Waals surface area contributed by atoms with E-state index in [1.807, 2.05) is 24.3 Å². The average Bonchev–Trinajstić information content (AvgIpc) is 3.06. The second kappa shape index (κ2) is 15.8. The van der Waals surface area contributed by atoms with Gasteiger partial charge in [-0.05, 0) is 116 Å². The van der Waals surface area contributed by atoms with Crippen molar-refractivity contribution in [3.05, 3.63) is 101 Å². The molecule has 1 unspecified atom stereocenters. The Morgan fingerprint density at radius 3 is 2.14 bits per heavy atom. The quantitative estimate of drug-likeness (QED) is 0.144. The van der Waals surface area contributed by atoms with Crippen molar-refractivity contribution in [1.82, 2.24) is 0 Å². The maximum Gasteiger partial charge on any atom is 0.166 e. The fourth-order valence-corrected chi connectivity index (χ4v) is 7.52. The number of halogens is 3. The van der Waals surface area contributed by atoms with Crippen LogP contribution in [0.15, 0.2) is 72.8 Å². The molecular weight excluding hydrogens is 549 g/mol. The molecule has 2 aliphatic rings. The van der Waals surface area contributed by atoms with Crippen LogP contribution in [0.2, 0.25) is 0 Å². The Bertz CT molecular complexity index is 1420. The van der Waals surface area contributed by atoms with Crippen molar-refractivity contribution in [3.8, 4) is 22.3 Å². The molecule has 1 fully saturated rings. The molecule has 0 nitrogen and oxygen atoms in total. The van der Waals surface area contributed by atoms with Crippen molar-refractivity contribution in [1.29, 1.82) is 0 Å². The highest BCUT2D eigenvalue weighted by atomic mass is 19.2. The Hall–Kier alpha value is -3.07. The minimum absolute atomic E-state index is 0.194. The molecule has 44 heavy (non-hydrogen) atoms. The summed E-state index contributed by atoms with van der Waals surface area (Å²) in [5.41, 5.74) is 4.79. The van der Waals surface area contributed by atoms with Crippen molar-refractivity contribution in [2.45, 2.75) is 104 Å². The monoisotopic (exact) mass is 598 g/mol. The van der Waals surface area contributed by atoms with E-state index >= 15 is 4.39 Å². The zero-order valence-corrected chi connectivity index (χ0v) is 26.7. The minimum Gasteiger partial charge on any atom is -0.206 e.